The summed E-state index contributed by atoms with van der Waals surface area (Å²) in [5.41, 5.74) is 1.16. The molecule has 0 amide bonds. The second-order valence-corrected chi connectivity index (χ2v) is 8.15. The average molecular weight is 362 g/mol. The first kappa shape index (κ1) is 19.7. The zero-order valence-corrected chi connectivity index (χ0v) is 15.6. The third-order valence-corrected chi connectivity index (χ3v) is 5.42. The molecule has 7 heteroatoms. The Morgan fingerprint density at radius 1 is 1.14 bits per heavy atom. The van der Waals surface area contributed by atoms with Crippen molar-refractivity contribution in [3.63, 3.8) is 0 Å². The first-order valence-electron chi connectivity index (χ1n) is 7.31. The fraction of sp³-hybridized carbons (Fsp3) is 0.533. The van der Waals surface area contributed by atoms with Crippen molar-refractivity contribution in [1.82, 2.24) is 0 Å². The number of rotatable bonds is 10. The van der Waals surface area contributed by atoms with E-state index in [9.17, 15) is 4.57 Å². The van der Waals surface area contributed by atoms with Crippen LogP contribution in [0.5, 0.6) is 0 Å². The molecule has 22 heavy (non-hydrogen) atoms. The molecule has 124 valence electrons. The molecule has 0 aromatic heterocycles. The van der Waals surface area contributed by atoms with Gasteiger partial charge in [0.2, 0.25) is 4.38 Å². The van der Waals surface area contributed by atoms with Crippen molar-refractivity contribution in [2.45, 2.75) is 32.4 Å². The monoisotopic (exact) mass is 362 g/mol. The van der Waals surface area contributed by atoms with E-state index in [2.05, 4.69) is 0 Å². The highest BCUT2D eigenvalue weighted by atomic mass is 32.2. The minimum Gasteiger partial charge on any atom is -0.466 e. The molecule has 0 radical (unpaired) electrons. The van der Waals surface area contributed by atoms with Gasteiger partial charge in [-0.25, -0.2) is 0 Å². The van der Waals surface area contributed by atoms with Crippen LogP contribution in [0.2, 0.25) is 0 Å². The van der Waals surface area contributed by atoms with Gasteiger partial charge in [-0.1, -0.05) is 55.9 Å². The van der Waals surface area contributed by atoms with Gasteiger partial charge in [0.15, 0.2) is 6.35 Å². The van der Waals surface area contributed by atoms with Crippen LogP contribution >= 0.6 is 31.6 Å². The molecule has 0 unspecified atom stereocenters. The quantitative estimate of drug-likeness (QED) is 0.420. The topological polar surface area (TPSA) is 44.8 Å². The second kappa shape index (κ2) is 11.2. The Hall–Kier alpha value is -0.390. The van der Waals surface area contributed by atoms with Gasteiger partial charge in [0.1, 0.15) is 0 Å². The Labute approximate surface area is 142 Å². The van der Waals surface area contributed by atoms with Crippen LogP contribution in [0.1, 0.15) is 32.3 Å². The fourth-order valence-corrected chi connectivity index (χ4v) is 3.92. The lowest BCUT2D eigenvalue weighted by Crippen LogP contribution is -2.07. The van der Waals surface area contributed by atoms with E-state index in [0.717, 1.165) is 24.2 Å². The summed E-state index contributed by atoms with van der Waals surface area (Å²) in [7, 11) is -3.22. The van der Waals surface area contributed by atoms with Gasteiger partial charge in [-0.15, -0.1) is 0 Å². The summed E-state index contributed by atoms with van der Waals surface area (Å²) in [4.78, 5) is 0. The van der Waals surface area contributed by atoms with Gasteiger partial charge in [-0.2, -0.15) is 0 Å². The Morgan fingerprint density at radius 3 is 2.27 bits per heavy atom. The molecule has 1 rings (SSSR count). The summed E-state index contributed by atoms with van der Waals surface area (Å²) in [6.07, 6.45) is 1.41. The molecule has 0 saturated carbocycles. The molecule has 0 heterocycles. The van der Waals surface area contributed by atoms with E-state index in [-0.39, 0.29) is 6.35 Å². The molecule has 1 aromatic carbocycles. The molecule has 0 spiro atoms. The molecule has 0 atom stereocenters. The number of thioether (sulfide) groups is 1. The zero-order chi connectivity index (χ0) is 16.3. The van der Waals surface area contributed by atoms with Crippen molar-refractivity contribution >= 4 is 36.0 Å². The minimum absolute atomic E-state index is 0.131. The molecule has 0 aliphatic rings. The van der Waals surface area contributed by atoms with Crippen molar-refractivity contribution in [2.24, 2.45) is 0 Å². The Morgan fingerprint density at radius 2 is 1.73 bits per heavy atom. The molecule has 0 aliphatic heterocycles. The molecule has 0 aliphatic carbocycles. The molecule has 0 fully saturated rings. The Bertz CT molecular complexity index is 470. The van der Waals surface area contributed by atoms with Gasteiger partial charge < -0.3 is 13.8 Å². The highest BCUT2D eigenvalue weighted by Gasteiger charge is 2.26. The molecular formula is C15H23O4PS2. The maximum absolute atomic E-state index is 12.5. The summed E-state index contributed by atoms with van der Waals surface area (Å²) in [6, 6.07) is 9.97. The lowest BCUT2D eigenvalue weighted by molar-refractivity contribution is 0.184. The average Bonchev–Trinajstić information content (AvgIpc) is 2.55. The van der Waals surface area contributed by atoms with Crippen LogP contribution in [0.3, 0.4) is 0 Å². The van der Waals surface area contributed by atoms with Crippen molar-refractivity contribution in [3.8, 4) is 0 Å². The largest absolute Gasteiger partial charge is 0.466 e. The smallest absolute Gasteiger partial charge is 0.367 e. The highest BCUT2D eigenvalue weighted by molar-refractivity contribution is 8.22. The van der Waals surface area contributed by atoms with Crippen LogP contribution in [0.15, 0.2) is 30.3 Å². The number of ether oxygens (including phenoxy) is 1. The van der Waals surface area contributed by atoms with Crippen LogP contribution in [0.4, 0.5) is 0 Å². The standard InChI is InChI=1S/C15H23O4PS2/c1-3-10-18-20(16,19-11-4-2)13-17-15(21)22-12-14-8-6-5-7-9-14/h5-9H,3-4,10-13H2,1-2H3. The van der Waals surface area contributed by atoms with E-state index in [4.69, 9.17) is 26.0 Å². The second-order valence-electron chi connectivity index (χ2n) is 4.58. The summed E-state index contributed by atoms with van der Waals surface area (Å²) in [5.74, 6) is 0.718. The normalized spacial score (nSPS) is 11.4. The maximum atomic E-state index is 12.5. The van der Waals surface area contributed by atoms with E-state index >= 15 is 0 Å². The summed E-state index contributed by atoms with van der Waals surface area (Å²) in [6.45, 7) is 4.67. The van der Waals surface area contributed by atoms with Crippen molar-refractivity contribution in [2.75, 3.05) is 19.6 Å². The Balaban J connectivity index is 2.39. The first-order chi connectivity index (χ1) is 10.6. The van der Waals surface area contributed by atoms with Gasteiger partial charge in [-0.3, -0.25) is 4.57 Å². The van der Waals surface area contributed by atoms with Crippen LogP contribution in [-0.4, -0.2) is 23.9 Å². The van der Waals surface area contributed by atoms with Crippen molar-refractivity contribution in [1.29, 1.82) is 0 Å². The van der Waals surface area contributed by atoms with Gasteiger partial charge in [-0.05, 0) is 30.6 Å². The third kappa shape index (κ3) is 8.30. The molecule has 0 saturated heterocycles. The first-order valence-corrected chi connectivity index (χ1v) is 10.4. The lowest BCUT2D eigenvalue weighted by atomic mass is 10.2. The van der Waals surface area contributed by atoms with Crippen molar-refractivity contribution < 1.29 is 18.3 Å². The fourth-order valence-electron chi connectivity index (χ4n) is 1.46. The van der Waals surface area contributed by atoms with Gasteiger partial charge in [0, 0.05) is 5.75 Å². The predicted octanol–water partition coefficient (Wildman–Crippen LogP) is 5.23. The predicted molar refractivity (Wildman–Crippen MR) is 96.4 cm³/mol. The molecule has 0 N–H and O–H groups in total. The number of hydrogen-bond donors (Lipinski definition) is 0. The van der Waals surface area contributed by atoms with E-state index < -0.39 is 7.60 Å². The summed E-state index contributed by atoms with van der Waals surface area (Å²) >= 11 is 6.55. The van der Waals surface area contributed by atoms with Crippen LogP contribution in [-0.2, 0) is 24.1 Å². The summed E-state index contributed by atoms with van der Waals surface area (Å²) in [5, 5.41) is 0. The van der Waals surface area contributed by atoms with Gasteiger partial charge >= 0.3 is 7.60 Å². The third-order valence-electron chi connectivity index (χ3n) is 2.52. The lowest BCUT2D eigenvalue weighted by Gasteiger charge is -2.18. The number of hydrogen-bond acceptors (Lipinski definition) is 6. The Kier molecular flexibility index (Phi) is 10.0. The summed E-state index contributed by atoms with van der Waals surface area (Å²) < 4.78 is 28.9. The van der Waals surface area contributed by atoms with Crippen LogP contribution in [0.25, 0.3) is 0 Å². The van der Waals surface area contributed by atoms with Gasteiger partial charge in [0.25, 0.3) is 0 Å². The van der Waals surface area contributed by atoms with Crippen LogP contribution in [0, 0.1) is 0 Å². The van der Waals surface area contributed by atoms with E-state index in [1.165, 1.54) is 11.8 Å². The SMILES string of the molecule is CCCOP(=O)(COC(=S)SCc1ccccc1)OCCC. The molecular weight excluding hydrogens is 339 g/mol. The van der Waals surface area contributed by atoms with Crippen molar-refractivity contribution in [3.05, 3.63) is 35.9 Å². The van der Waals surface area contributed by atoms with Crippen LogP contribution < -0.4 is 0 Å². The van der Waals surface area contributed by atoms with E-state index in [1.54, 1.807) is 0 Å². The highest BCUT2D eigenvalue weighted by Crippen LogP contribution is 2.48. The number of thiocarbonyl (C=S) groups is 1. The minimum atomic E-state index is -3.22. The maximum Gasteiger partial charge on any atom is 0.367 e. The molecule has 0 bridgehead atoms. The zero-order valence-electron chi connectivity index (χ0n) is 13.0. The van der Waals surface area contributed by atoms with E-state index in [0.29, 0.717) is 17.6 Å². The molecule has 4 nitrogen and oxygen atoms in total. The van der Waals surface area contributed by atoms with Gasteiger partial charge in [0.05, 0.1) is 13.2 Å². The van der Waals surface area contributed by atoms with E-state index in [1.807, 2.05) is 44.2 Å². The molecule has 1 aromatic rings. The number of benzene rings is 1.